The summed E-state index contributed by atoms with van der Waals surface area (Å²) in [7, 11) is 0. The Morgan fingerprint density at radius 2 is 2.23 bits per heavy atom. The summed E-state index contributed by atoms with van der Waals surface area (Å²) in [6.07, 6.45) is 1.49. The van der Waals surface area contributed by atoms with E-state index in [4.69, 9.17) is 9.47 Å². The van der Waals surface area contributed by atoms with Crippen LogP contribution in [0.3, 0.4) is 0 Å². The first-order valence-corrected chi connectivity index (χ1v) is 7.26. The molecule has 0 saturated carbocycles. The second-order valence-electron chi connectivity index (χ2n) is 5.00. The van der Waals surface area contributed by atoms with Crippen molar-refractivity contribution in [1.29, 1.82) is 0 Å². The monoisotopic (exact) mass is 302 g/mol. The topological polar surface area (TPSA) is 78.3 Å². The highest BCUT2D eigenvalue weighted by molar-refractivity contribution is 5.92. The molecule has 7 nitrogen and oxygen atoms in total. The lowest BCUT2D eigenvalue weighted by molar-refractivity contribution is 0.0402. The second kappa shape index (κ2) is 6.67. The van der Waals surface area contributed by atoms with Gasteiger partial charge in [0.2, 0.25) is 0 Å². The SMILES string of the molecule is CCO[C@H]1COC[C@@H]1NC(=O)c1cn(-c2ccccc2)nn1. The average Bonchev–Trinajstić information content (AvgIpc) is 3.19. The highest BCUT2D eigenvalue weighted by Gasteiger charge is 2.30. The quantitative estimate of drug-likeness (QED) is 0.884. The van der Waals surface area contributed by atoms with Crippen LogP contribution >= 0.6 is 0 Å². The van der Waals surface area contributed by atoms with Gasteiger partial charge in [0.05, 0.1) is 31.1 Å². The fourth-order valence-corrected chi connectivity index (χ4v) is 2.36. The molecular formula is C15H18N4O3. The molecule has 116 valence electrons. The van der Waals surface area contributed by atoms with E-state index in [2.05, 4.69) is 15.6 Å². The Kier molecular flexibility index (Phi) is 4.45. The molecule has 2 atom stereocenters. The minimum absolute atomic E-state index is 0.113. The second-order valence-corrected chi connectivity index (χ2v) is 5.00. The van der Waals surface area contributed by atoms with Crippen LogP contribution in [0.15, 0.2) is 36.5 Å². The molecule has 0 radical (unpaired) electrons. The molecule has 2 heterocycles. The molecule has 1 aromatic carbocycles. The van der Waals surface area contributed by atoms with E-state index in [0.717, 1.165) is 5.69 Å². The number of nitrogens with one attached hydrogen (secondary N) is 1. The minimum Gasteiger partial charge on any atom is -0.376 e. The van der Waals surface area contributed by atoms with Crippen LogP contribution in [0.4, 0.5) is 0 Å². The third kappa shape index (κ3) is 3.15. The van der Waals surface area contributed by atoms with Crippen molar-refractivity contribution >= 4 is 5.91 Å². The number of nitrogens with zero attached hydrogens (tertiary/aromatic N) is 3. The summed E-state index contributed by atoms with van der Waals surface area (Å²) >= 11 is 0. The first-order chi connectivity index (χ1) is 10.8. The maximum Gasteiger partial charge on any atom is 0.273 e. The molecule has 22 heavy (non-hydrogen) atoms. The fourth-order valence-electron chi connectivity index (χ4n) is 2.36. The van der Waals surface area contributed by atoms with Crippen molar-refractivity contribution in [3.8, 4) is 5.69 Å². The third-order valence-electron chi connectivity index (χ3n) is 3.47. The van der Waals surface area contributed by atoms with Gasteiger partial charge in [-0.1, -0.05) is 23.4 Å². The van der Waals surface area contributed by atoms with Crippen LogP contribution in [-0.4, -0.2) is 52.9 Å². The van der Waals surface area contributed by atoms with E-state index >= 15 is 0 Å². The first kappa shape index (κ1) is 14.7. The summed E-state index contributed by atoms with van der Waals surface area (Å²) in [6, 6.07) is 9.36. The lowest BCUT2D eigenvalue weighted by Gasteiger charge is -2.18. The number of hydrogen-bond acceptors (Lipinski definition) is 5. The molecule has 0 unspecified atom stereocenters. The number of para-hydroxylation sites is 1. The van der Waals surface area contributed by atoms with Gasteiger partial charge in [-0.15, -0.1) is 5.10 Å². The van der Waals surface area contributed by atoms with Crippen molar-refractivity contribution in [2.45, 2.75) is 19.1 Å². The standard InChI is InChI=1S/C15H18N4O3/c1-2-22-14-10-21-9-13(14)16-15(20)12-8-19(18-17-12)11-6-4-3-5-7-11/h3-8,13-14H,2,9-10H2,1H3,(H,16,20)/t13-,14-/m0/s1. The molecule has 0 aliphatic carbocycles. The number of ether oxygens (including phenoxy) is 2. The highest BCUT2D eigenvalue weighted by atomic mass is 16.5. The van der Waals surface area contributed by atoms with Crippen LogP contribution in [0.1, 0.15) is 17.4 Å². The smallest absolute Gasteiger partial charge is 0.273 e. The van der Waals surface area contributed by atoms with Crippen molar-refractivity contribution < 1.29 is 14.3 Å². The number of aromatic nitrogens is 3. The first-order valence-electron chi connectivity index (χ1n) is 7.26. The summed E-state index contributed by atoms with van der Waals surface area (Å²) in [5.74, 6) is -0.276. The highest BCUT2D eigenvalue weighted by Crippen LogP contribution is 2.11. The van der Waals surface area contributed by atoms with E-state index < -0.39 is 0 Å². The number of carbonyl (C=O) groups excluding carboxylic acids is 1. The van der Waals surface area contributed by atoms with Crippen molar-refractivity contribution in [3.05, 3.63) is 42.2 Å². The van der Waals surface area contributed by atoms with Crippen molar-refractivity contribution in [2.24, 2.45) is 0 Å². The van der Waals surface area contributed by atoms with Gasteiger partial charge in [0.15, 0.2) is 5.69 Å². The molecule has 1 aromatic heterocycles. The average molecular weight is 302 g/mol. The Morgan fingerprint density at radius 1 is 1.41 bits per heavy atom. The number of hydrogen-bond donors (Lipinski definition) is 1. The summed E-state index contributed by atoms with van der Waals surface area (Å²) in [5.41, 5.74) is 1.12. The number of carbonyl (C=O) groups is 1. The lowest BCUT2D eigenvalue weighted by atomic mass is 10.2. The van der Waals surface area contributed by atoms with Crippen LogP contribution in [0, 0.1) is 0 Å². The van der Waals surface area contributed by atoms with Crippen molar-refractivity contribution in [1.82, 2.24) is 20.3 Å². The number of rotatable bonds is 5. The molecule has 1 fully saturated rings. The van der Waals surface area contributed by atoms with E-state index in [1.54, 1.807) is 10.9 Å². The Morgan fingerprint density at radius 3 is 3.00 bits per heavy atom. The zero-order valence-electron chi connectivity index (χ0n) is 12.3. The molecule has 7 heteroatoms. The van der Waals surface area contributed by atoms with Crippen LogP contribution in [-0.2, 0) is 9.47 Å². The Hall–Kier alpha value is -2.25. The molecule has 0 spiro atoms. The van der Waals surface area contributed by atoms with Gasteiger partial charge in [0, 0.05) is 6.61 Å². The molecule has 0 bridgehead atoms. The van der Waals surface area contributed by atoms with E-state index in [1.807, 2.05) is 37.3 Å². The molecule has 1 saturated heterocycles. The van der Waals surface area contributed by atoms with Gasteiger partial charge in [-0.25, -0.2) is 4.68 Å². The van der Waals surface area contributed by atoms with Crippen LogP contribution in [0.25, 0.3) is 5.69 Å². The lowest BCUT2D eigenvalue weighted by Crippen LogP contribution is -2.43. The van der Waals surface area contributed by atoms with Crippen LogP contribution in [0.5, 0.6) is 0 Å². The zero-order chi connectivity index (χ0) is 15.4. The normalized spacial score (nSPS) is 21.0. The fraction of sp³-hybridized carbons (Fsp3) is 0.400. The van der Waals surface area contributed by atoms with Gasteiger partial charge >= 0.3 is 0 Å². The van der Waals surface area contributed by atoms with Crippen molar-refractivity contribution in [2.75, 3.05) is 19.8 Å². The molecule has 1 N–H and O–H groups in total. The summed E-state index contributed by atoms with van der Waals surface area (Å²) in [6.45, 7) is 3.45. The molecule has 1 aliphatic heterocycles. The molecule has 1 aliphatic rings. The predicted octanol–water partition coefficient (Wildman–Crippen LogP) is 0.801. The Balaban J connectivity index is 1.67. The molecular weight excluding hydrogens is 284 g/mol. The predicted molar refractivity (Wildman–Crippen MR) is 78.8 cm³/mol. The van der Waals surface area contributed by atoms with Crippen molar-refractivity contribution in [3.63, 3.8) is 0 Å². The van der Waals surface area contributed by atoms with E-state index in [0.29, 0.717) is 19.8 Å². The molecule has 2 aromatic rings. The van der Waals surface area contributed by atoms with Gasteiger partial charge in [-0.2, -0.15) is 0 Å². The zero-order valence-corrected chi connectivity index (χ0v) is 12.3. The maximum atomic E-state index is 12.3. The molecule has 3 rings (SSSR count). The van der Waals surface area contributed by atoms with E-state index in [-0.39, 0.29) is 23.7 Å². The van der Waals surface area contributed by atoms with Gasteiger partial charge in [-0.3, -0.25) is 4.79 Å². The van der Waals surface area contributed by atoms with Gasteiger partial charge in [-0.05, 0) is 19.1 Å². The summed E-state index contributed by atoms with van der Waals surface area (Å²) < 4.78 is 12.5. The summed E-state index contributed by atoms with van der Waals surface area (Å²) in [4.78, 5) is 12.3. The van der Waals surface area contributed by atoms with Gasteiger partial charge in [0.25, 0.3) is 5.91 Å². The minimum atomic E-state index is -0.276. The number of amides is 1. The third-order valence-corrected chi connectivity index (χ3v) is 3.47. The van der Waals surface area contributed by atoms with Gasteiger partial charge < -0.3 is 14.8 Å². The van der Waals surface area contributed by atoms with Crippen LogP contribution in [0.2, 0.25) is 0 Å². The number of benzene rings is 1. The Labute approximate surface area is 128 Å². The Bertz CT molecular complexity index is 629. The molecule has 1 amide bonds. The maximum absolute atomic E-state index is 12.3. The largest absolute Gasteiger partial charge is 0.376 e. The summed E-state index contributed by atoms with van der Waals surface area (Å²) in [5, 5.41) is 10.8. The van der Waals surface area contributed by atoms with Gasteiger partial charge in [0.1, 0.15) is 6.10 Å². The van der Waals surface area contributed by atoms with E-state index in [1.165, 1.54) is 0 Å². The van der Waals surface area contributed by atoms with E-state index in [9.17, 15) is 4.79 Å². The van der Waals surface area contributed by atoms with Crippen LogP contribution < -0.4 is 5.32 Å².